The third kappa shape index (κ3) is 2.08. The molecule has 0 heterocycles. The number of fused-ring (bicyclic) bond motifs is 1. The molecule has 2 rings (SSSR count). The molecule has 0 atom stereocenters. The lowest BCUT2D eigenvalue weighted by atomic mass is 10.1. The molecule has 0 unspecified atom stereocenters. The van der Waals surface area contributed by atoms with Gasteiger partial charge in [-0.25, -0.2) is 9.18 Å². The molecule has 5 heteroatoms. The van der Waals surface area contributed by atoms with Gasteiger partial charge in [0, 0.05) is 15.8 Å². The van der Waals surface area contributed by atoms with Crippen LogP contribution >= 0.6 is 23.2 Å². The molecule has 0 saturated carbocycles. The monoisotopic (exact) mass is 272 g/mol. The first kappa shape index (κ1) is 12.1. The number of hydrogen-bond donors (Lipinski definition) is 0. The average molecular weight is 273 g/mol. The molecule has 0 amide bonds. The van der Waals surface area contributed by atoms with Crippen molar-refractivity contribution in [2.75, 3.05) is 7.11 Å². The highest BCUT2D eigenvalue weighted by Crippen LogP contribution is 2.31. The topological polar surface area (TPSA) is 26.3 Å². The number of halogens is 3. The Morgan fingerprint density at radius 2 is 1.88 bits per heavy atom. The predicted molar refractivity (Wildman–Crippen MR) is 65.3 cm³/mol. The van der Waals surface area contributed by atoms with Crippen molar-refractivity contribution in [3.8, 4) is 0 Å². The molecule has 0 aliphatic rings. The molecule has 2 aromatic rings. The Bertz CT molecular complexity index is 611. The normalized spacial score (nSPS) is 10.6. The third-order valence-corrected chi connectivity index (χ3v) is 3.00. The van der Waals surface area contributed by atoms with Gasteiger partial charge in [-0.05, 0) is 18.2 Å². The second-order valence-electron chi connectivity index (χ2n) is 3.41. The first-order valence-electron chi connectivity index (χ1n) is 4.70. The molecule has 2 aromatic carbocycles. The number of carbonyl (C=O) groups is 1. The Hall–Kier alpha value is -1.32. The fourth-order valence-electron chi connectivity index (χ4n) is 1.56. The summed E-state index contributed by atoms with van der Waals surface area (Å²) < 4.78 is 18.3. The average Bonchev–Trinajstić information content (AvgIpc) is 2.33. The molecule has 0 bridgehead atoms. The zero-order valence-electron chi connectivity index (χ0n) is 8.76. The highest BCUT2D eigenvalue weighted by Gasteiger charge is 2.13. The fourth-order valence-corrected chi connectivity index (χ4v) is 2.01. The number of hydrogen-bond acceptors (Lipinski definition) is 2. The second-order valence-corrected chi connectivity index (χ2v) is 4.22. The van der Waals surface area contributed by atoms with Gasteiger partial charge in [0.05, 0.1) is 17.7 Å². The van der Waals surface area contributed by atoms with Crippen LogP contribution in [0.4, 0.5) is 4.39 Å². The maximum atomic E-state index is 13.8. The molecule has 0 fully saturated rings. The number of methoxy groups -OCH3 is 1. The highest BCUT2D eigenvalue weighted by molar-refractivity contribution is 6.37. The number of rotatable bonds is 1. The van der Waals surface area contributed by atoms with Gasteiger partial charge >= 0.3 is 5.97 Å². The lowest BCUT2D eigenvalue weighted by molar-refractivity contribution is 0.0601. The van der Waals surface area contributed by atoms with E-state index >= 15 is 0 Å². The smallest absolute Gasteiger partial charge is 0.337 e. The first-order chi connectivity index (χ1) is 8.04. The Labute approximate surface area is 107 Å². The minimum absolute atomic E-state index is 0.0180. The van der Waals surface area contributed by atoms with Crippen LogP contribution in [0.3, 0.4) is 0 Å². The van der Waals surface area contributed by atoms with Crippen molar-refractivity contribution in [3.05, 3.63) is 45.7 Å². The number of benzene rings is 2. The number of carbonyl (C=O) groups excluding carboxylic acids is 1. The fraction of sp³-hybridized carbons (Fsp3) is 0.0833. The van der Waals surface area contributed by atoms with Crippen LogP contribution in [0, 0.1) is 5.82 Å². The van der Waals surface area contributed by atoms with Gasteiger partial charge in [-0.15, -0.1) is 0 Å². The van der Waals surface area contributed by atoms with Gasteiger partial charge in [0.1, 0.15) is 5.82 Å². The summed E-state index contributed by atoms with van der Waals surface area (Å²) in [5.41, 5.74) is 0.186. The summed E-state index contributed by atoms with van der Waals surface area (Å²) in [5, 5.41) is 0.959. The summed E-state index contributed by atoms with van der Waals surface area (Å²) in [4.78, 5) is 11.4. The zero-order valence-corrected chi connectivity index (χ0v) is 10.3. The molecule has 0 radical (unpaired) electrons. The van der Waals surface area contributed by atoms with Crippen LogP contribution in [0.1, 0.15) is 10.4 Å². The maximum absolute atomic E-state index is 13.8. The van der Waals surface area contributed by atoms with Crippen molar-refractivity contribution in [1.82, 2.24) is 0 Å². The van der Waals surface area contributed by atoms with Gasteiger partial charge < -0.3 is 4.74 Å². The molecule has 0 aliphatic heterocycles. The molecule has 0 saturated heterocycles. The molecule has 0 N–H and O–H groups in total. The van der Waals surface area contributed by atoms with Crippen LogP contribution < -0.4 is 0 Å². The summed E-state index contributed by atoms with van der Waals surface area (Å²) in [5.74, 6) is -1.18. The van der Waals surface area contributed by atoms with Crippen LogP contribution in [0.25, 0.3) is 10.8 Å². The van der Waals surface area contributed by atoms with Crippen molar-refractivity contribution < 1.29 is 13.9 Å². The van der Waals surface area contributed by atoms with E-state index in [-0.39, 0.29) is 21.0 Å². The van der Waals surface area contributed by atoms with E-state index in [1.807, 2.05) is 0 Å². The summed E-state index contributed by atoms with van der Waals surface area (Å²) in [6.07, 6.45) is 0. The number of esters is 1. The highest BCUT2D eigenvalue weighted by atomic mass is 35.5. The van der Waals surface area contributed by atoms with Gasteiger partial charge in [-0.1, -0.05) is 29.3 Å². The van der Waals surface area contributed by atoms with Gasteiger partial charge in [0.2, 0.25) is 0 Å². The Balaban J connectivity index is 2.79. The molecule has 88 valence electrons. The van der Waals surface area contributed by atoms with Crippen LogP contribution in [0.15, 0.2) is 24.3 Å². The van der Waals surface area contributed by atoms with Crippen LogP contribution in [-0.4, -0.2) is 13.1 Å². The molecule has 2 nitrogen and oxygen atoms in total. The van der Waals surface area contributed by atoms with E-state index in [2.05, 4.69) is 4.74 Å². The quantitative estimate of drug-likeness (QED) is 0.732. The Morgan fingerprint density at radius 3 is 2.53 bits per heavy atom. The van der Waals surface area contributed by atoms with E-state index in [0.29, 0.717) is 5.39 Å². The first-order valence-corrected chi connectivity index (χ1v) is 5.45. The van der Waals surface area contributed by atoms with E-state index < -0.39 is 11.8 Å². The van der Waals surface area contributed by atoms with Gasteiger partial charge in [0.25, 0.3) is 0 Å². The van der Waals surface area contributed by atoms with Crippen LogP contribution in [0.2, 0.25) is 10.0 Å². The summed E-state index contributed by atoms with van der Waals surface area (Å²) in [6.45, 7) is 0. The summed E-state index contributed by atoms with van der Waals surface area (Å²) in [6, 6.07) is 5.82. The van der Waals surface area contributed by atoms with Crippen LogP contribution in [0.5, 0.6) is 0 Å². The largest absolute Gasteiger partial charge is 0.465 e. The zero-order chi connectivity index (χ0) is 12.6. The van der Waals surface area contributed by atoms with Crippen molar-refractivity contribution >= 4 is 39.9 Å². The van der Waals surface area contributed by atoms with E-state index in [1.54, 1.807) is 6.07 Å². The number of ether oxygens (including phenoxy) is 1. The van der Waals surface area contributed by atoms with E-state index in [1.165, 1.54) is 25.3 Å². The Kier molecular flexibility index (Phi) is 3.22. The van der Waals surface area contributed by atoms with Gasteiger partial charge in [-0.2, -0.15) is 0 Å². The van der Waals surface area contributed by atoms with Gasteiger partial charge in [-0.3, -0.25) is 0 Å². The van der Waals surface area contributed by atoms with E-state index in [9.17, 15) is 9.18 Å². The second kappa shape index (κ2) is 4.51. The molecular formula is C12H7Cl2FO2. The van der Waals surface area contributed by atoms with Gasteiger partial charge in [0.15, 0.2) is 0 Å². The van der Waals surface area contributed by atoms with Crippen molar-refractivity contribution in [2.24, 2.45) is 0 Å². The summed E-state index contributed by atoms with van der Waals surface area (Å²) >= 11 is 11.6. The van der Waals surface area contributed by atoms with Crippen molar-refractivity contribution in [1.29, 1.82) is 0 Å². The molecule has 0 aromatic heterocycles. The SMILES string of the molecule is COC(=O)c1cc(Cl)c2ccc(Cl)c(F)c2c1. The summed E-state index contributed by atoms with van der Waals surface area (Å²) in [7, 11) is 1.24. The van der Waals surface area contributed by atoms with Crippen molar-refractivity contribution in [2.45, 2.75) is 0 Å². The van der Waals surface area contributed by atoms with E-state index in [4.69, 9.17) is 23.2 Å². The minimum atomic E-state index is -0.600. The lowest BCUT2D eigenvalue weighted by Crippen LogP contribution is -2.01. The maximum Gasteiger partial charge on any atom is 0.337 e. The van der Waals surface area contributed by atoms with Crippen molar-refractivity contribution in [3.63, 3.8) is 0 Å². The predicted octanol–water partition coefficient (Wildman–Crippen LogP) is 4.07. The standard InChI is InChI=1S/C12H7Cl2FO2/c1-17-12(16)6-4-8-7(10(14)5-6)2-3-9(13)11(8)15/h2-5H,1H3. The van der Waals surface area contributed by atoms with Crippen LogP contribution in [-0.2, 0) is 4.74 Å². The molecular weight excluding hydrogens is 266 g/mol. The molecule has 0 aliphatic carbocycles. The molecule has 0 spiro atoms. The minimum Gasteiger partial charge on any atom is -0.465 e. The Morgan fingerprint density at radius 1 is 1.18 bits per heavy atom. The molecule has 17 heavy (non-hydrogen) atoms. The lowest BCUT2D eigenvalue weighted by Gasteiger charge is -2.06. The van der Waals surface area contributed by atoms with E-state index in [0.717, 1.165) is 0 Å². The third-order valence-electron chi connectivity index (χ3n) is 2.39.